The molecule has 2 amide bonds. The van der Waals surface area contributed by atoms with Gasteiger partial charge in [-0.15, -0.1) is 0 Å². The summed E-state index contributed by atoms with van der Waals surface area (Å²) in [5, 5.41) is -0.446. The zero-order chi connectivity index (χ0) is 93.8. The minimum Gasteiger partial charge on any atom is -0.336 e. The number of hydrogen-bond donors (Lipinski definition) is 0. The number of likely N-dealkylation sites (N-methyl/N-ethyl adjacent to an activating group) is 2. The van der Waals surface area contributed by atoms with Crippen LogP contribution in [0.4, 0.5) is 35.1 Å². The van der Waals surface area contributed by atoms with E-state index in [9.17, 15) is 59.8 Å². The Morgan fingerprint density at radius 2 is 1.03 bits per heavy atom. The number of fused-ring (bicyclic) bond motifs is 2. The lowest BCUT2D eigenvalue weighted by atomic mass is 9.98. The second-order valence-corrected chi connectivity index (χ2v) is 23.0. The molecule has 0 radical (unpaired) electrons. The van der Waals surface area contributed by atoms with Crippen LogP contribution in [-0.4, -0.2) is 102 Å². The van der Waals surface area contributed by atoms with Gasteiger partial charge in [0.25, 0.3) is 11.1 Å². The van der Waals surface area contributed by atoms with E-state index in [1.54, 1.807) is 0 Å². The molecular weight excluding hydrogens is 1280 g/mol. The fourth-order valence-corrected chi connectivity index (χ4v) is 11.5. The van der Waals surface area contributed by atoms with Gasteiger partial charge in [0.05, 0.1) is 26.2 Å². The lowest BCUT2D eigenvalue weighted by Gasteiger charge is -2.28. The molecule has 96 heavy (non-hydrogen) atoms. The molecule has 2 heterocycles. The van der Waals surface area contributed by atoms with Crippen molar-refractivity contribution in [1.82, 2.24) is 38.7 Å². The molecule has 0 N–H and O–H groups in total. The first-order valence-electron chi connectivity index (χ1n) is 43.2. The number of thioether (sulfide) groups is 2. The van der Waals surface area contributed by atoms with Crippen LogP contribution in [0.25, 0.3) is 22.3 Å². The fraction of sp³-hybridized carbons (Fsp3) is 0.378. The van der Waals surface area contributed by atoms with E-state index >= 15 is 0 Å². The summed E-state index contributed by atoms with van der Waals surface area (Å²) in [6.07, 6.45) is -15.0. The third kappa shape index (κ3) is 19.0. The first kappa shape index (κ1) is 43.4. The molecule has 0 aliphatic heterocycles. The van der Waals surface area contributed by atoms with E-state index < -0.39 is 230 Å². The zero-order valence-electron chi connectivity index (χ0n) is 80.2. The van der Waals surface area contributed by atoms with Crippen molar-refractivity contribution in [3.63, 3.8) is 0 Å². The van der Waals surface area contributed by atoms with Gasteiger partial charge >= 0.3 is 12.4 Å². The summed E-state index contributed by atoms with van der Waals surface area (Å²) in [5.41, 5.74) is -6.46. The number of nitrogens with zero attached hydrogens (tertiary/aromatic N) is 8. The van der Waals surface area contributed by atoms with Crippen LogP contribution in [-0.2, 0) is 85.2 Å². The van der Waals surface area contributed by atoms with Gasteiger partial charge in [0.2, 0.25) is 11.8 Å². The van der Waals surface area contributed by atoms with Gasteiger partial charge in [-0.25, -0.2) is 8.78 Å². The Morgan fingerprint density at radius 1 is 0.573 bits per heavy atom. The van der Waals surface area contributed by atoms with Gasteiger partial charge in [-0.3, -0.25) is 19.2 Å². The summed E-state index contributed by atoms with van der Waals surface area (Å²) < 4.78 is 353. The average Bonchev–Trinajstić information content (AvgIpc) is 1.50. The van der Waals surface area contributed by atoms with E-state index in [1.807, 2.05) is 0 Å². The van der Waals surface area contributed by atoms with Crippen LogP contribution in [0.1, 0.15) is 141 Å². The molecule has 8 aromatic rings. The number of alkyl halides is 6. The molecule has 1 unspecified atom stereocenters. The molecule has 10 rings (SSSR count). The van der Waals surface area contributed by atoms with Gasteiger partial charge in [-0.1, -0.05) is 149 Å². The normalized spacial score (nSPS) is 20.9. The quantitative estimate of drug-likeness (QED) is 0.0295. The number of carbonyl (C=O) groups is 2. The van der Waals surface area contributed by atoms with Gasteiger partial charge in [0.1, 0.15) is 24.7 Å². The maximum absolute atomic E-state index is 14.8. The monoisotopic (exact) mass is 1390 g/mol. The molecule has 2 aliphatic rings. The van der Waals surface area contributed by atoms with Gasteiger partial charge in [0, 0.05) is 96.4 Å². The highest BCUT2D eigenvalue weighted by atomic mass is 32.2. The summed E-state index contributed by atoms with van der Waals surface area (Å²) in [7, 11) is 0. The third-order valence-corrected chi connectivity index (χ3v) is 16.7. The number of rotatable bonds is 26. The van der Waals surface area contributed by atoms with Crippen LogP contribution in [0.2, 0.25) is 0 Å². The SMILES string of the molecule is [2H]C([2H])(C)N(C([2H])([2H])C)C([2H])([2H])C([2H])([2H])N(Cc1ccc(-c2ccc(C(F)(F)F)cc2)cc1)C(=O)Cn1c(SCc2ccc(F)cc2)nc(=O)c2c1C([2H])([2H])C([2H])(C)C2([2H])[2H].[2H]c1c([2H])c(-c2c([2H])c([2H])c(C(F)(F)F)c([2H])c2[2H])c([2H])c(C)c1CN(C(=O)Cn1c(SCc2ccc(F)cc2)nc(=O)c2c1CCC2)C([2H])([2H])C([2H])([2H])N(C([2H])([2H])C)C([2H])([2H])C. The largest absolute Gasteiger partial charge is 0.416 e. The molecular formula is C74H80F8N8O4S2. The van der Waals surface area contributed by atoms with Gasteiger partial charge in [-0.2, -0.15) is 36.3 Å². The van der Waals surface area contributed by atoms with Crippen molar-refractivity contribution >= 4 is 35.3 Å². The molecule has 0 bridgehead atoms. The zero-order valence-corrected chi connectivity index (χ0v) is 53.8. The van der Waals surface area contributed by atoms with Gasteiger partial charge in [0.15, 0.2) is 10.3 Å². The summed E-state index contributed by atoms with van der Waals surface area (Å²) >= 11 is 1.71. The first-order chi connectivity index (χ1) is 56.4. The Kier molecular flexibility index (Phi) is 14.9. The Morgan fingerprint density at radius 3 is 1.53 bits per heavy atom. The third-order valence-electron chi connectivity index (χ3n) is 14.6. The maximum atomic E-state index is 14.8. The molecule has 2 aliphatic carbocycles. The molecule has 12 nitrogen and oxygen atoms in total. The van der Waals surface area contributed by atoms with Gasteiger partial charge < -0.3 is 28.7 Å². The Balaban J connectivity index is 0.000000281. The van der Waals surface area contributed by atoms with E-state index in [4.69, 9.17) is 32.9 Å². The molecule has 22 heteroatoms. The van der Waals surface area contributed by atoms with Crippen molar-refractivity contribution < 1.29 is 83.1 Å². The van der Waals surface area contributed by atoms with Crippen LogP contribution in [0.5, 0.6) is 0 Å². The van der Waals surface area contributed by atoms with E-state index in [1.165, 1.54) is 77.4 Å². The van der Waals surface area contributed by atoms with Crippen molar-refractivity contribution in [3.05, 3.63) is 233 Å². The van der Waals surface area contributed by atoms with Crippen LogP contribution in [0.3, 0.4) is 0 Å². The molecule has 1 atom stereocenters. The standard InChI is InChI=1S/2C37H40F4N4O2S/c1-4-43(5-2)18-19-44(22-26-6-10-28(11-7-26)29-12-14-30(15-13-29)37(39,40)41)34(46)23-45-33-21-25(3)20-32(33)35(47)42-36(45)48-24-27-8-16-31(38)17-9-27;1-4-43(5-2)19-20-44(22-29-12-11-28(21-25(29)3)27-13-15-30(16-14-27)37(39,40)41)34(46)23-45-33-8-6-7-32(33)35(47)42-36(45)48-24-26-9-17-31(38)18-10-26/h6-17,25H,4-5,18-24H2,1-3H3;9-18,21H,4-8,19-20,22-24H2,1-3H3/i4D2,5D2,18D2,19D2,20D2,21D2,25D;4D2,5D2,11D,12D,13D,14D,15D,16D,19D2,20D2,21D. The second kappa shape index (κ2) is 32.9. The summed E-state index contributed by atoms with van der Waals surface area (Å²) in [6.45, 7) is -25.6. The lowest BCUT2D eigenvalue weighted by molar-refractivity contribution is -0.138. The molecule has 2 aromatic heterocycles. The number of benzene rings is 6. The Bertz CT molecular complexity index is 5450. The van der Waals surface area contributed by atoms with Crippen molar-refractivity contribution in [2.24, 2.45) is 5.89 Å². The fourth-order valence-electron chi connectivity index (χ4n) is 9.62. The first-order valence-corrected chi connectivity index (χ1v) is 31.2. The smallest absolute Gasteiger partial charge is 0.336 e. The minimum absolute atomic E-state index is 0.0394. The van der Waals surface area contributed by atoms with Crippen LogP contribution in [0, 0.1) is 24.5 Å². The highest BCUT2D eigenvalue weighted by Crippen LogP contribution is 2.35. The minimum atomic E-state index is -5.33. The van der Waals surface area contributed by atoms with Crippen molar-refractivity contribution in [1.29, 1.82) is 0 Å². The summed E-state index contributed by atoms with van der Waals surface area (Å²) in [6, 6.07) is 11.8. The maximum Gasteiger partial charge on any atom is 0.416 e. The van der Waals surface area contributed by atoms with Crippen LogP contribution < -0.4 is 11.1 Å². The van der Waals surface area contributed by atoms with E-state index in [-0.39, 0.29) is 60.9 Å². The molecule has 0 saturated heterocycles. The summed E-state index contributed by atoms with van der Waals surface area (Å²) in [5.74, 6) is -6.42. The topological polar surface area (TPSA) is 117 Å². The summed E-state index contributed by atoms with van der Waals surface area (Å²) in [4.78, 5) is 64.8. The predicted molar refractivity (Wildman–Crippen MR) is 362 cm³/mol. The predicted octanol–water partition coefficient (Wildman–Crippen LogP) is 15.0. The molecule has 6 aromatic carbocycles. The number of halogens is 8. The van der Waals surface area contributed by atoms with Crippen molar-refractivity contribution in [2.45, 2.75) is 134 Å². The van der Waals surface area contributed by atoms with E-state index in [0.717, 1.165) is 93.9 Å². The Labute approximate surface area is 603 Å². The average molecular weight is 1390 g/mol. The number of carbonyl (C=O) groups excluding carboxylic acids is 2. The Hall–Kier alpha value is -7.92. The number of amides is 2. The highest BCUT2D eigenvalue weighted by Gasteiger charge is 2.33. The second-order valence-electron chi connectivity index (χ2n) is 21.1. The number of aromatic nitrogens is 4. The molecule has 0 saturated carbocycles. The molecule has 0 spiro atoms. The lowest BCUT2D eigenvalue weighted by Crippen LogP contribution is -2.40. The molecule has 0 fully saturated rings. The van der Waals surface area contributed by atoms with Crippen LogP contribution in [0.15, 0.2) is 159 Å². The van der Waals surface area contributed by atoms with Crippen molar-refractivity contribution in [3.8, 4) is 22.3 Å². The number of hydrogen-bond acceptors (Lipinski definition) is 10. The van der Waals surface area contributed by atoms with E-state index in [0.29, 0.717) is 39.3 Å². The van der Waals surface area contributed by atoms with E-state index in [2.05, 4.69) is 9.97 Å². The van der Waals surface area contributed by atoms with Crippen molar-refractivity contribution in [2.75, 3.05) is 52.0 Å². The van der Waals surface area contributed by atoms with Gasteiger partial charge in [-0.05, 0) is 169 Å². The molecule has 508 valence electrons. The highest BCUT2D eigenvalue weighted by molar-refractivity contribution is 7.98. The van der Waals surface area contributed by atoms with Crippen LogP contribution >= 0.6 is 23.5 Å².